The average molecular weight is 544 g/mol. The fraction of sp³-hybridized carbons (Fsp3) is 0.500. The van der Waals surface area contributed by atoms with Crippen molar-refractivity contribution < 1.29 is 27.9 Å². The molecule has 0 aromatic heterocycles. The van der Waals surface area contributed by atoms with Crippen LogP contribution in [0.5, 0.6) is 5.75 Å². The van der Waals surface area contributed by atoms with Crippen LogP contribution in [0.15, 0.2) is 48.5 Å². The van der Waals surface area contributed by atoms with Crippen LogP contribution in [0.4, 0.5) is 5.69 Å². The summed E-state index contributed by atoms with van der Waals surface area (Å²) in [7, 11) is -2.15. The first-order valence-electron chi connectivity index (χ1n) is 13.0. The zero-order valence-electron chi connectivity index (χ0n) is 22.1. The van der Waals surface area contributed by atoms with Gasteiger partial charge in [-0.2, -0.15) is 0 Å². The van der Waals surface area contributed by atoms with E-state index in [4.69, 9.17) is 4.74 Å². The molecule has 1 saturated carbocycles. The Morgan fingerprint density at radius 3 is 2.58 bits per heavy atom. The molecule has 1 heterocycles. The third kappa shape index (κ3) is 7.33. The summed E-state index contributed by atoms with van der Waals surface area (Å²) in [5, 5.41) is 17.4. The predicted molar refractivity (Wildman–Crippen MR) is 146 cm³/mol. The summed E-state index contributed by atoms with van der Waals surface area (Å²) in [6.07, 6.45) is 2.12. The van der Waals surface area contributed by atoms with E-state index in [2.05, 4.69) is 17.6 Å². The molecule has 9 nitrogen and oxygen atoms in total. The lowest BCUT2D eigenvalue weighted by atomic mass is 9.91. The monoisotopic (exact) mass is 543 g/mol. The molecule has 0 bridgehead atoms. The topological polar surface area (TPSA) is 125 Å². The number of nitrogens with one attached hydrogen (secondary N) is 2. The first kappa shape index (κ1) is 28.1. The van der Waals surface area contributed by atoms with Crippen LogP contribution >= 0.6 is 0 Å². The van der Waals surface area contributed by atoms with Gasteiger partial charge in [0.25, 0.3) is 5.91 Å². The molecule has 2 unspecified atom stereocenters. The second-order valence-electron chi connectivity index (χ2n) is 10.5. The summed E-state index contributed by atoms with van der Waals surface area (Å²) >= 11 is 0. The quantitative estimate of drug-likeness (QED) is 0.397. The molecule has 2 aromatic carbocycles. The third-order valence-electron chi connectivity index (χ3n) is 7.45. The molecule has 2 aromatic rings. The number of Topliss-reactive ketones (excluding diaryl/α,β-unsaturated/α-hetero) is 1. The van der Waals surface area contributed by atoms with Crippen molar-refractivity contribution in [2.75, 3.05) is 30.8 Å². The average Bonchev–Trinajstić information content (AvgIpc) is 3.60. The van der Waals surface area contributed by atoms with Gasteiger partial charge >= 0.3 is 0 Å². The normalized spacial score (nSPS) is 22.8. The number of ketones is 1. The van der Waals surface area contributed by atoms with Gasteiger partial charge in [-0.25, -0.2) is 8.42 Å². The van der Waals surface area contributed by atoms with E-state index in [1.807, 2.05) is 30.3 Å². The van der Waals surface area contributed by atoms with Crippen molar-refractivity contribution in [1.82, 2.24) is 10.6 Å². The number of hydrogen-bond acceptors (Lipinski definition) is 7. The Balaban J connectivity index is 1.59. The lowest BCUT2D eigenvalue weighted by Crippen LogP contribution is -2.56. The molecule has 1 amide bonds. The number of nitrogens with zero attached hydrogens (tertiary/aromatic N) is 1. The lowest BCUT2D eigenvalue weighted by molar-refractivity contribution is -0.121. The van der Waals surface area contributed by atoms with Crippen LogP contribution in [0.3, 0.4) is 0 Å². The molecule has 2 aliphatic rings. The highest BCUT2D eigenvalue weighted by Crippen LogP contribution is 2.38. The van der Waals surface area contributed by atoms with Gasteiger partial charge in [0, 0.05) is 44.1 Å². The van der Waals surface area contributed by atoms with Gasteiger partial charge in [-0.3, -0.25) is 13.9 Å². The zero-order chi connectivity index (χ0) is 27.4. The van der Waals surface area contributed by atoms with Crippen molar-refractivity contribution in [3.05, 3.63) is 59.7 Å². The van der Waals surface area contributed by atoms with E-state index in [-0.39, 0.29) is 17.8 Å². The third-order valence-corrected chi connectivity index (χ3v) is 8.66. The summed E-state index contributed by atoms with van der Waals surface area (Å²) in [4.78, 5) is 25.6. The fourth-order valence-electron chi connectivity index (χ4n) is 4.72. The van der Waals surface area contributed by atoms with Gasteiger partial charge in [-0.1, -0.05) is 37.3 Å². The number of carbonyl (C=O) groups is 2. The number of anilines is 1. The van der Waals surface area contributed by atoms with Crippen molar-refractivity contribution in [3.63, 3.8) is 0 Å². The Morgan fingerprint density at radius 1 is 1.24 bits per heavy atom. The van der Waals surface area contributed by atoms with Gasteiger partial charge < -0.3 is 20.5 Å². The highest BCUT2D eigenvalue weighted by atomic mass is 32.2. The van der Waals surface area contributed by atoms with Crippen LogP contribution in [0, 0.1) is 11.8 Å². The highest BCUT2D eigenvalue weighted by molar-refractivity contribution is 7.92. The maximum atomic E-state index is 13.5. The summed E-state index contributed by atoms with van der Waals surface area (Å²) in [5.41, 5.74) is 1.45. The van der Waals surface area contributed by atoms with Crippen molar-refractivity contribution in [2.45, 2.75) is 50.8 Å². The minimum atomic E-state index is -3.57. The molecule has 1 aliphatic carbocycles. The Bertz CT molecular complexity index is 1250. The minimum absolute atomic E-state index is 0.0703. The van der Waals surface area contributed by atoms with E-state index in [0.29, 0.717) is 49.3 Å². The molecule has 206 valence electrons. The Labute approximate surface area is 224 Å². The molecule has 5 atom stereocenters. The first-order valence-corrected chi connectivity index (χ1v) is 14.9. The summed E-state index contributed by atoms with van der Waals surface area (Å²) < 4.78 is 31.5. The molecule has 1 saturated heterocycles. The molecular weight excluding hydrogens is 506 g/mol. The summed E-state index contributed by atoms with van der Waals surface area (Å²) in [6.45, 7) is 3.12. The number of aliphatic hydroxyl groups excluding tert-OH is 1. The number of benzene rings is 2. The first-order chi connectivity index (χ1) is 18.0. The molecule has 0 radical (unpaired) electrons. The number of piperidine rings is 1. The summed E-state index contributed by atoms with van der Waals surface area (Å²) in [5.74, 6) is 1.03. The van der Waals surface area contributed by atoms with E-state index in [1.165, 1.54) is 13.1 Å². The van der Waals surface area contributed by atoms with Gasteiger partial charge in [0.1, 0.15) is 11.5 Å². The van der Waals surface area contributed by atoms with Gasteiger partial charge in [0.05, 0.1) is 30.7 Å². The van der Waals surface area contributed by atoms with Gasteiger partial charge in [0.2, 0.25) is 10.0 Å². The maximum Gasteiger partial charge on any atom is 0.251 e. The molecule has 10 heteroatoms. The predicted octanol–water partition coefficient (Wildman–Crippen LogP) is 2.14. The second-order valence-corrected chi connectivity index (χ2v) is 12.6. The van der Waals surface area contributed by atoms with Crippen LogP contribution in [0.1, 0.15) is 42.1 Å². The highest BCUT2D eigenvalue weighted by Gasteiger charge is 2.34. The van der Waals surface area contributed by atoms with Crippen molar-refractivity contribution in [2.24, 2.45) is 11.8 Å². The minimum Gasteiger partial charge on any atom is -0.493 e. The molecule has 4 rings (SSSR count). The van der Waals surface area contributed by atoms with Gasteiger partial charge in [0.15, 0.2) is 0 Å². The van der Waals surface area contributed by atoms with Crippen LogP contribution < -0.4 is 19.7 Å². The van der Waals surface area contributed by atoms with Gasteiger partial charge in [-0.15, -0.1) is 0 Å². The van der Waals surface area contributed by atoms with Crippen LogP contribution in [-0.2, 0) is 21.2 Å². The Kier molecular flexibility index (Phi) is 8.74. The van der Waals surface area contributed by atoms with Crippen molar-refractivity contribution in [1.29, 1.82) is 0 Å². The van der Waals surface area contributed by atoms with Crippen molar-refractivity contribution >= 4 is 27.4 Å². The molecule has 0 spiro atoms. The van der Waals surface area contributed by atoms with Crippen LogP contribution in [0.2, 0.25) is 0 Å². The van der Waals surface area contributed by atoms with E-state index >= 15 is 0 Å². The van der Waals surface area contributed by atoms with Crippen LogP contribution in [0.25, 0.3) is 0 Å². The van der Waals surface area contributed by atoms with Gasteiger partial charge in [-0.05, 0) is 42.4 Å². The maximum absolute atomic E-state index is 13.5. The number of hydrogen-bond donors (Lipinski definition) is 3. The number of carbonyl (C=O) groups excluding carboxylic acids is 2. The number of sulfonamides is 1. The zero-order valence-corrected chi connectivity index (χ0v) is 22.9. The molecule has 3 N–H and O–H groups in total. The van der Waals surface area contributed by atoms with Crippen molar-refractivity contribution in [3.8, 4) is 5.75 Å². The Morgan fingerprint density at radius 2 is 1.95 bits per heavy atom. The summed E-state index contributed by atoms with van der Waals surface area (Å²) in [6, 6.07) is 13.0. The number of rotatable bonds is 11. The number of amides is 1. The SMILES string of the molecule is CC1CC1COc1cc(C(=O)N[C@@H](Cc2ccccc2)[C@H](O)[C@H]2CC(=O)CCN2)cc(N(C)S(C)(=O)=O)c1. The number of aliphatic hydroxyl groups is 1. The Hall–Kier alpha value is -2.95. The fourth-order valence-corrected chi connectivity index (χ4v) is 5.21. The molecule has 1 aliphatic heterocycles. The van der Waals surface area contributed by atoms with Crippen LogP contribution in [-0.4, -0.2) is 69.9 Å². The lowest BCUT2D eigenvalue weighted by Gasteiger charge is -2.33. The van der Waals surface area contributed by atoms with E-state index in [1.54, 1.807) is 12.1 Å². The molecular formula is C28H37N3O6S. The number of ether oxygens (including phenoxy) is 1. The molecule has 38 heavy (non-hydrogen) atoms. The van der Waals surface area contributed by atoms with E-state index < -0.39 is 34.1 Å². The molecule has 2 fully saturated rings. The largest absolute Gasteiger partial charge is 0.493 e. The van der Waals surface area contributed by atoms with E-state index in [9.17, 15) is 23.1 Å². The van der Waals surface area contributed by atoms with E-state index in [0.717, 1.165) is 22.5 Å². The smallest absolute Gasteiger partial charge is 0.251 e. The second kappa shape index (κ2) is 11.8. The standard InChI is InChI=1S/C28H37N3O6S/c1-18-11-21(18)17-37-24-14-20(13-22(15-24)31(2)38(3,35)36)28(34)30-26(12-19-7-5-4-6-8-19)27(33)25-16-23(32)9-10-29-25/h4-8,13-15,18,21,25-27,29,33H,9-12,16-17H2,1-3H3,(H,30,34)/t18?,21?,25-,26+,27-/m1/s1.